The summed E-state index contributed by atoms with van der Waals surface area (Å²) in [4.78, 5) is 23.4. The highest BCUT2D eigenvalue weighted by Gasteiger charge is 2.36. The summed E-state index contributed by atoms with van der Waals surface area (Å²) in [6.45, 7) is 1.23. The quantitative estimate of drug-likeness (QED) is 0.921. The second kappa shape index (κ2) is 5.54. The van der Waals surface area contributed by atoms with Gasteiger partial charge in [0.25, 0.3) is 10.0 Å². The molecule has 0 aliphatic carbocycles. The van der Waals surface area contributed by atoms with Crippen LogP contribution in [0.25, 0.3) is 10.8 Å². The van der Waals surface area contributed by atoms with Gasteiger partial charge in [-0.15, -0.1) is 0 Å². The van der Waals surface area contributed by atoms with Crippen LogP contribution in [0.2, 0.25) is 0 Å². The molecule has 120 valence electrons. The van der Waals surface area contributed by atoms with Crippen molar-refractivity contribution in [1.29, 1.82) is 0 Å². The van der Waals surface area contributed by atoms with Crippen molar-refractivity contribution >= 4 is 38.5 Å². The standard InChI is InChI=1S/C15H14N2O5S/c1-2-22-15(19)16-13(18)9-17-11-7-3-5-10-6-4-8-12(14(10)11)23(17,20)21/h3-8H,2,9H2,1H3,(H,16,18,19). The number of benzene rings is 2. The fourth-order valence-electron chi connectivity index (χ4n) is 2.58. The number of sulfonamides is 1. The van der Waals surface area contributed by atoms with E-state index in [-0.39, 0.29) is 11.5 Å². The molecule has 0 unspecified atom stereocenters. The van der Waals surface area contributed by atoms with E-state index < -0.39 is 28.6 Å². The first kappa shape index (κ1) is 15.3. The van der Waals surface area contributed by atoms with E-state index in [9.17, 15) is 18.0 Å². The van der Waals surface area contributed by atoms with Gasteiger partial charge in [-0.3, -0.25) is 14.4 Å². The minimum Gasteiger partial charge on any atom is -0.450 e. The lowest BCUT2D eigenvalue weighted by molar-refractivity contribution is -0.118. The Hall–Kier alpha value is -2.61. The third-order valence-electron chi connectivity index (χ3n) is 3.49. The second-order valence-corrected chi connectivity index (χ2v) is 6.74. The van der Waals surface area contributed by atoms with Crippen LogP contribution in [0.1, 0.15) is 6.92 Å². The topological polar surface area (TPSA) is 92.8 Å². The number of amides is 2. The third kappa shape index (κ3) is 2.50. The van der Waals surface area contributed by atoms with Crippen LogP contribution in [0.5, 0.6) is 0 Å². The highest BCUT2D eigenvalue weighted by molar-refractivity contribution is 7.93. The van der Waals surface area contributed by atoms with Crippen molar-refractivity contribution in [2.75, 3.05) is 17.5 Å². The molecule has 0 saturated carbocycles. The maximum absolute atomic E-state index is 12.6. The fraction of sp³-hybridized carbons (Fsp3) is 0.200. The van der Waals surface area contributed by atoms with E-state index in [0.717, 1.165) is 9.69 Å². The molecule has 0 spiro atoms. The van der Waals surface area contributed by atoms with Crippen LogP contribution in [0.15, 0.2) is 41.3 Å². The lowest BCUT2D eigenvalue weighted by Crippen LogP contribution is -2.41. The fourth-order valence-corrected chi connectivity index (χ4v) is 4.25. The van der Waals surface area contributed by atoms with Gasteiger partial charge in [-0.2, -0.15) is 0 Å². The summed E-state index contributed by atoms with van der Waals surface area (Å²) in [6.07, 6.45) is -0.898. The SMILES string of the molecule is CCOC(=O)NC(=O)CN1c2cccc3cccc(c23)S1(=O)=O. The number of rotatable bonds is 3. The lowest BCUT2D eigenvalue weighted by atomic mass is 10.1. The van der Waals surface area contributed by atoms with Crippen molar-refractivity contribution in [3.05, 3.63) is 36.4 Å². The Kier molecular flexibility index (Phi) is 3.69. The van der Waals surface area contributed by atoms with Gasteiger partial charge in [0.05, 0.1) is 17.2 Å². The second-order valence-electron chi connectivity index (χ2n) is 4.91. The average molecular weight is 334 g/mol. The van der Waals surface area contributed by atoms with Crippen molar-refractivity contribution in [2.45, 2.75) is 11.8 Å². The molecular weight excluding hydrogens is 320 g/mol. The first-order chi connectivity index (χ1) is 10.9. The number of nitrogens with zero attached hydrogens (tertiary/aromatic N) is 1. The number of carbonyl (C=O) groups excluding carboxylic acids is 2. The summed E-state index contributed by atoms with van der Waals surface area (Å²) in [5.41, 5.74) is 0.428. The summed E-state index contributed by atoms with van der Waals surface area (Å²) in [6, 6.07) is 10.1. The van der Waals surface area contributed by atoms with Gasteiger partial charge in [0, 0.05) is 5.39 Å². The molecule has 0 saturated heterocycles. The van der Waals surface area contributed by atoms with E-state index in [1.165, 1.54) is 6.07 Å². The smallest absolute Gasteiger partial charge is 0.413 e. The van der Waals surface area contributed by atoms with Crippen LogP contribution in [-0.2, 0) is 19.6 Å². The molecule has 7 nitrogen and oxygen atoms in total. The summed E-state index contributed by atoms with van der Waals surface area (Å²) in [7, 11) is -3.82. The average Bonchev–Trinajstić information content (AvgIpc) is 2.71. The van der Waals surface area contributed by atoms with Crippen LogP contribution >= 0.6 is 0 Å². The molecular formula is C15H14N2O5S. The van der Waals surface area contributed by atoms with Gasteiger partial charge in [0.1, 0.15) is 6.54 Å². The largest absolute Gasteiger partial charge is 0.450 e. The summed E-state index contributed by atoms with van der Waals surface area (Å²) >= 11 is 0. The third-order valence-corrected chi connectivity index (χ3v) is 5.29. The van der Waals surface area contributed by atoms with Gasteiger partial charge in [0.2, 0.25) is 5.91 Å². The first-order valence-electron chi connectivity index (χ1n) is 6.96. The number of hydrogen-bond donors (Lipinski definition) is 1. The van der Waals surface area contributed by atoms with Gasteiger partial charge in [0.15, 0.2) is 0 Å². The Bertz CT molecular complexity index is 902. The molecule has 1 heterocycles. The molecule has 0 atom stereocenters. The van der Waals surface area contributed by atoms with E-state index in [2.05, 4.69) is 4.74 Å². The summed E-state index contributed by atoms with van der Waals surface area (Å²) in [5.74, 6) is -0.753. The maximum atomic E-state index is 12.6. The van der Waals surface area contributed by atoms with Crippen molar-refractivity contribution in [3.8, 4) is 0 Å². The normalized spacial score (nSPS) is 14.7. The molecule has 2 aromatic carbocycles. The molecule has 1 aliphatic rings. The van der Waals surface area contributed by atoms with Gasteiger partial charge < -0.3 is 4.74 Å². The van der Waals surface area contributed by atoms with Crippen LogP contribution < -0.4 is 9.62 Å². The Labute approximate surface area is 132 Å². The minimum atomic E-state index is -3.82. The van der Waals surface area contributed by atoms with E-state index in [1.54, 1.807) is 37.3 Å². The number of ether oxygens (including phenoxy) is 1. The summed E-state index contributed by atoms with van der Waals surface area (Å²) in [5, 5.41) is 3.36. The number of imide groups is 1. The highest BCUT2D eigenvalue weighted by Crippen LogP contribution is 2.41. The van der Waals surface area contributed by atoms with E-state index in [4.69, 9.17) is 0 Å². The number of nitrogens with one attached hydrogen (secondary N) is 1. The van der Waals surface area contributed by atoms with Crippen molar-refractivity contribution < 1.29 is 22.7 Å². The Morgan fingerprint density at radius 3 is 2.57 bits per heavy atom. The van der Waals surface area contributed by atoms with Crippen molar-refractivity contribution in [2.24, 2.45) is 0 Å². The van der Waals surface area contributed by atoms with Gasteiger partial charge >= 0.3 is 6.09 Å². The van der Waals surface area contributed by atoms with Crippen LogP contribution in [-0.4, -0.2) is 33.6 Å². The van der Waals surface area contributed by atoms with Crippen LogP contribution in [0.4, 0.5) is 10.5 Å². The van der Waals surface area contributed by atoms with Crippen LogP contribution in [0.3, 0.4) is 0 Å². The Balaban J connectivity index is 1.95. The maximum Gasteiger partial charge on any atom is 0.413 e. The molecule has 0 aromatic heterocycles. The van der Waals surface area contributed by atoms with Gasteiger partial charge in [-0.05, 0) is 24.4 Å². The van der Waals surface area contributed by atoms with Crippen molar-refractivity contribution in [1.82, 2.24) is 5.32 Å². The van der Waals surface area contributed by atoms with E-state index >= 15 is 0 Å². The number of carbonyl (C=O) groups is 2. The predicted molar refractivity (Wildman–Crippen MR) is 83.6 cm³/mol. The zero-order valence-corrected chi connectivity index (χ0v) is 13.1. The van der Waals surface area contributed by atoms with E-state index in [0.29, 0.717) is 11.1 Å². The molecule has 2 aromatic rings. The lowest BCUT2D eigenvalue weighted by Gasteiger charge is -2.17. The molecule has 3 rings (SSSR count). The molecule has 1 aliphatic heterocycles. The summed E-state index contributed by atoms with van der Waals surface area (Å²) < 4.78 is 30.9. The van der Waals surface area contributed by atoms with E-state index in [1.807, 2.05) is 5.32 Å². The Morgan fingerprint density at radius 1 is 1.17 bits per heavy atom. The molecule has 2 amide bonds. The number of anilines is 1. The molecule has 0 radical (unpaired) electrons. The zero-order valence-electron chi connectivity index (χ0n) is 12.3. The predicted octanol–water partition coefficient (Wildman–Crippen LogP) is 1.62. The molecule has 23 heavy (non-hydrogen) atoms. The highest BCUT2D eigenvalue weighted by atomic mass is 32.2. The molecule has 8 heteroatoms. The Morgan fingerprint density at radius 2 is 1.87 bits per heavy atom. The van der Waals surface area contributed by atoms with Gasteiger partial charge in [-0.25, -0.2) is 13.2 Å². The molecule has 0 bridgehead atoms. The van der Waals surface area contributed by atoms with Crippen molar-refractivity contribution in [3.63, 3.8) is 0 Å². The van der Waals surface area contributed by atoms with Crippen LogP contribution in [0, 0.1) is 0 Å². The molecule has 0 fully saturated rings. The van der Waals surface area contributed by atoms with Gasteiger partial charge in [-0.1, -0.05) is 24.3 Å². The number of hydrogen-bond acceptors (Lipinski definition) is 5. The minimum absolute atomic E-state index is 0.117. The number of alkyl carbamates (subject to hydrolysis) is 1. The zero-order chi connectivity index (χ0) is 16.6. The molecule has 1 N–H and O–H groups in total. The first-order valence-corrected chi connectivity index (χ1v) is 8.40. The monoisotopic (exact) mass is 334 g/mol.